The third-order valence-electron chi connectivity index (χ3n) is 2.21. The Morgan fingerprint density at radius 3 is 2.73 bits per heavy atom. The fraction of sp³-hybridized carbons (Fsp3) is 0.500. The molecule has 0 amide bonds. The van der Waals surface area contributed by atoms with E-state index in [4.69, 9.17) is 0 Å². The first-order valence-electron chi connectivity index (χ1n) is 4.06. The molecule has 0 saturated heterocycles. The summed E-state index contributed by atoms with van der Waals surface area (Å²) in [5, 5.41) is 0. The van der Waals surface area contributed by atoms with Gasteiger partial charge in [-0.25, -0.2) is 0 Å². The van der Waals surface area contributed by atoms with Crippen LogP contribution in [0.25, 0.3) is 0 Å². The SMILES string of the molecule is C=C(C(C)=O)C1CC=CCC1. The summed E-state index contributed by atoms with van der Waals surface area (Å²) in [4.78, 5) is 10.9. The average Bonchev–Trinajstić information content (AvgIpc) is 2.05. The molecule has 1 atom stereocenters. The van der Waals surface area contributed by atoms with Crippen molar-refractivity contribution in [1.29, 1.82) is 0 Å². The standard InChI is InChI=1S/C10H14O/c1-8(9(2)11)10-6-4-3-5-7-10/h3-4,10H,1,5-7H2,2H3. The number of allylic oxidation sites excluding steroid dienone is 3. The average molecular weight is 150 g/mol. The summed E-state index contributed by atoms with van der Waals surface area (Å²) in [5.74, 6) is 0.558. The van der Waals surface area contributed by atoms with Crippen LogP contribution in [0.4, 0.5) is 0 Å². The Labute approximate surface area is 67.8 Å². The predicted octanol–water partition coefficient (Wildman–Crippen LogP) is 2.49. The van der Waals surface area contributed by atoms with E-state index < -0.39 is 0 Å². The van der Waals surface area contributed by atoms with E-state index in [1.807, 2.05) is 0 Å². The molecule has 1 aliphatic carbocycles. The fourth-order valence-corrected chi connectivity index (χ4v) is 1.40. The zero-order chi connectivity index (χ0) is 8.27. The summed E-state index contributed by atoms with van der Waals surface area (Å²) in [6.07, 6.45) is 7.50. The summed E-state index contributed by atoms with van der Waals surface area (Å²) in [7, 11) is 0. The van der Waals surface area contributed by atoms with Crippen molar-refractivity contribution in [2.45, 2.75) is 26.2 Å². The topological polar surface area (TPSA) is 17.1 Å². The molecule has 0 N–H and O–H groups in total. The molecule has 1 rings (SSSR count). The molecule has 0 radical (unpaired) electrons. The van der Waals surface area contributed by atoms with Gasteiger partial charge >= 0.3 is 0 Å². The lowest BCUT2D eigenvalue weighted by molar-refractivity contribution is -0.114. The number of hydrogen-bond donors (Lipinski definition) is 0. The molecular weight excluding hydrogens is 136 g/mol. The van der Waals surface area contributed by atoms with Crippen LogP contribution in [0.15, 0.2) is 24.3 Å². The lowest BCUT2D eigenvalue weighted by Crippen LogP contribution is -2.10. The van der Waals surface area contributed by atoms with E-state index >= 15 is 0 Å². The highest BCUT2D eigenvalue weighted by Crippen LogP contribution is 2.24. The largest absolute Gasteiger partial charge is 0.295 e. The molecule has 1 heteroatoms. The van der Waals surface area contributed by atoms with Gasteiger partial charge in [0.1, 0.15) is 0 Å². The van der Waals surface area contributed by atoms with Gasteiger partial charge in [0.25, 0.3) is 0 Å². The molecule has 0 bridgehead atoms. The minimum atomic E-state index is 0.144. The smallest absolute Gasteiger partial charge is 0.155 e. The number of ketones is 1. The zero-order valence-electron chi connectivity index (χ0n) is 6.97. The lowest BCUT2D eigenvalue weighted by atomic mass is 9.87. The second-order valence-electron chi connectivity index (χ2n) is 3.06. The third-order valence-corrected chi connectivity index (χ3v) is 2.21. The molecule has 0 aliphatic heterocycles. The van der Waals surface area contributed by atoms with Gasteiger partial charge in [-0.15, -0.1) is 0 Å². The van der Waals surface area contributed by atoms with Crippen molar-refractivity contribution in [3.8, 4) is 0 Å². The molecule has 60 valence electrons. The van der Waals surface area contributed by atoms with Crippen LogP contribution < -0.4 is 0 Å². The highest BCUT2D eigenvalue weighted by Gasteiger charge is 2.15. The van der Waals surface area contributed by atoms with Gasteiger partial charge in [-0.2, -0.15) is 0 Å². The number of hydrogen-bond acceptors (Lipinski definition) is 1. The van der Waals surface area contributed by atoms with Crippen LogP contribution in [0, 0.1) is 5.92 Å². The van der Waals surface area contributed by atoms with E-state index in [0.717, 1.165) is 24.8 Å². The quantitative estimate of drug-likeness (QED) is 0.436. The monoisotopic (exact) mass is 150 g/mol. The Balaban J connectivity index is 2.54. The van der Waals surface area contributed by atoms with Gasteiger partial charge in [-0.1, -0.05) is 18.7 Å². The highest BCUT2D eigenvalue weighted by atomic mass is 16.1. The minimum Gasteiger partial charge on any atom is -0.295 e. The maximum absolute atomic E-state index is 10.9. The molecule has 0 aromatic heterocycles. The van der Waals surface area contributed by atoms with Crippen molar-refractivity contribution in [1.82, 2.24) is 0 Å². The number of rotatable bonds is 2. The molecule has 1 aliphatic rings. The first-order chi connectivity index (χ1) is 5.22. The van der Waals surface area contributed by atoms with Crippen LogP contribution in [0.1, 0.15) is 26.2 Å². The Bertz CT molecular complexity index is 201. The van der Waals surface area contributed by atoms with Crippen molar-refractivity contribution in [2.75, 3.05) is 0 Å². The molecule has 1 unspecified atom stereocenters. The maximum atomic E-state index is 10.9. The van der Waals surface area contributed by atoms with Crippen LogP contribution >= 0.6 is 0 Å². The molecule has 0 aromatic carbocycles. The van der Waals surface area contributed by atoms with Crippen LogP contribution in [0.3, 0.4) is 0 Å². The van der Waals surface area contributed by atoms with Crippen molar-refractivity contribution < 1.29 is 4.79 Å². The maximum Gasteiger partial charge on any atom is 0.155 e. The molecular formula is C10H14O. The van der Waals surface area contributed by atoms with Crippen LogP contribution in [0.5, 0.6) is 0 Å². The molecule has 0 spiro atoms. The summed E-state index contributed by atoms with van der Waals surface area (Å²) in [5.41, 5.74) is 0.800. The van der Waals surface area contributed by atoms with Crippen molar-refractivity contribution >= 4 is 5.78 Å². The second kappa shape index (κ2) is 3.51. The van der Waals surface area contributed by atoms with E-state index in [1.54, 1.807) is 6.92 Å². The van der Waals surface area contributed by atoms with Gasteiger partial charge in [-0.05, 0) is 37.7 Å². The van der Waals surface area contributed by atoms with E-state index in [-0.39, 0.29) is 5.78 Å². The summed E-state index contributed by atoms with van der Waals surface area (Å²) >= 11 is 0. The molecule has 0 aromatic rings. The summed E-state index contributed by atoms with van der Waals surface area (Å²) < 4.78 is 0. The zero-order valence-corrected chi connectivity index (χ0v) is 6.97. The second-order valence-corrected chi connectivity index (χ2v) is 3.06. The van der Waals surface area contributed by atoms with E-state index in [1.165, 1.54) is 0 Å². The van der Waals surface area contributed by atoms with Gasteiger partial charge < -0.3 is 0 Å². The Kier molecular flexibility index (Phi) is 2.64. The molecule has 0 saturated carbocycles. The van der Waals surface area contributed by atoms with Gasteiger partial charge in [0, 0.05) is 0 Å². The van der Waals surface area contributed by atoms with Crippen molar-refractivity contribution in [3.63, 3.8) is 0 Å². The Morgan fingerprint density at radius 2 is 2.27 bits per heavy atom. The van der Waals surface area contributed by atoms with E-state index in [2.05, 4.69) is 18.7 Å². The van der Waals surface area contributed by atoms with Crippen LogP contribution in [0.2, 0.25) is 0 Å². The van der Waals surface area contributed by atoms with Crippen molar-refractivity contribution in [3.05, 3.63) is 24.3 Å². The normalized spacial score (nSPS) is 23.2. The van der Waals surface area contributed by atoms with Gasteiger partial charge in [-0.3, -0.25) is 4.79 Å². The molecule has 0 heterocycles. The first kappa shape index (κ1) is 8.25. The minimum absolute atomic E-state index is 0.144. The third kappa shape index (κ3) is 2.04. The number of Topliss-reactive ketones (excluding diaryl/α,β-unsaturated/α-hetero) is 1. The van der Waals surface area contributed by atoms with E-state index in [0.29, 0.717) is 5.92 Å². The number of carbonyl (C=O) groups excluding carboxylic acids is 1. The highest BCUT2D eigenvalue weighted by molar-refractivity contribution is 5.93. The van der Waals surface area contributed by atoms with Crippen LogP contribution in [-0.4, -0.2) is 5.78 Å². The predicted molar refractivity (Wildman–Crippen MR) is 46.3 cm³/mol. The Morgan fingerprint density at radius 1 is 1.55 bits per heavy atom. The van der Waals surface area contributed by atoms with E-state index in [9.17, 15) is 4.79 Å². The van der Waals surface area contributed by atoms with Gasteiger partial charge in [0.2, 0.25) is 0 Å². The molecule has 0 fully saturated rings. The fourth-order valence-electron chi connectivity index (χ4n) is 1.40. The first-order valence-corrected chi connectivity index (χ1v) is 4.06. The summed E-state index contributed by atoms with van der Waals surface area (Å²) in [6.45, 7) is 5.39. The van der Waals surface area contributed by atoms with Gasteiger partial charge in [0.05, 0.1) is 0 Å². The molecule has 11 heavy (non-hydrogen) atoms. The van der Waals surface area contributed by atoms with Crippen molar-refractivity contribution in [2.24, 2.45) is 5.92 Å². The summed E-state index contributed by atoms with van der Waals surface area (Å²) in [6, 6.07) is 0. The van der Waals surface area contributed by atoms with Crippen LogP contribution in [-0.2, 0) is 4.79 Å². The Hall–Kier alpha value is -0.850. The van der Waals surface area contributed by atoms with Gasteiger partial charge in [0.15, 0.2) is 5.78 Å². The molecule has 1 nitrogen and oxygen atoms in total. The lowest BCUT2D eigenvalue weighted by Gasteiger charge is -2.17. The number of carbonyl (C=O) groups is 1.